The molecule has 0 aliphatic carbocycles. The largest absolute Gasteiger partial charge is 0.0622 e. The quantitative estimate of drug-likeness (QED) is 0.317. The number of aryl methyl sites for hydroxylation is 1. The normalized spacial score (nSPS) is 10.7. The van der Waals surface area contributed by atoms with Gasteiger partial charge in [0.1, 0.15) is 0 Å². The third-order valence-electron chi connectivity index (χ3n) is 4.95. The van der Waals surface area contributed by atoms with Crippen molar-refractivity contribution in [3.05, 3.63) is 119 Å². The van der Waals surface area contributed by atoms with Crippen LogP contribution in [0.3, 0.4) is 0 Å². The van der Waals surface area contributed by atoms with Gasteiger partial charge in [-0.05, 0) is 52.3 Å². The van der Waals surface area contributed by atoms with E-state index in [0.717, 1.165) is 12.8 Å². The fourth-order valence-electron chi connectivity index (χ4n) is 3.60. The summed E-state index contributed by atoms with van der Waals surface area (Å²) < 4.78 is 1.18. The maximum absolute atomic E-state index is 3.78. The van der Waals surface area contributed by atoms with Crippen LogP contribution in [0.2, 0.25) is 0 Å². The minimum Gasteiger partial charge on any atom is -0.0622 e. The van der Waals surface area contributed by atoms with Gasteiger partial charge in [0.05, 0.1) is 0 Å². The van der Waals surface area contributed by atoms with Crippen LogP contribution >= 0.6 is 15.9 Å². The van der Waals surface area contributed by atoms with Crippen LogP contribution in [0, 0.1) is 0 Å². The number of halogens is 1. The number of rotatable bonds is 5. The van der Waals surface area contributed by atoms with Crippen molar-refractivity contribution in [2.75, 3.05) is 0 Å². The fourth-order valence-corrected chi connectivity index (χ4v) is 4.16. The molecule has 27 heavy (non-hydrogen) atoms. The fraction of sp³-hybridized carbons (Fsp3) is 0.0769. The molecular formula is C26H21Br. The van der Waals surface area contributed by atoms with Crippen molar-refractivity contribution >= 4 is 15.9 Å². The van der Waals surface area contributed by atoms with Crippen molar-refractivity contribution < 1.29 is 0 Å². The van der Waals surface area contributed by atoms with Crippen molar-refractivity contribution in [3.63, 3.8) is 0 Å². The molecule has 0 N–H and O–H groups in total. The first-order chi connectivity index (χ1) is 13.3. The second-order valence-corrected chi connectivity index (χ2v) is 7.51. The van der Waals surface area contributed by atoms with Gasteiger partial charge in [-0.25, -0.2) is 0 Å². The summed E-state index contributed by atoms with van der Waals surface area (Å²) in [6, 6.07) is 36.5. The molecule has 0 heterocycles. The van der Waals surface area contributed by atoms with Gasteiger partial charge in [-0.15, -0.1) is 0 Å². The van der Waals surface area contributed by atoms with Gasteiger partial charge in [0.2, 0.25) is 0 Å². The molecule has 4 rings (SSSR count). The van der Waals surface area contributed by atoms with Gasteiger partial charge in [-0.3, -0.25) is 0 Å². The lowest BCUT2D eigenvalue weighted by atomic mass is 9.92. The van der Waals surface area contributed by atoms with Crippen LogP contribution in [-0.4, -0.2) is 0 Å². The molecule has 1 heteroatoms. The van der Waals surface area contributed by atoms with E-state index in [0.29, 0.717) is 0 Å². The van der Waals surface area contributed by atoms with Gasteiger partial charge < -0.3 is 0 Å². The molecule has 0 fully saturated rings. The Morgan fingerprint density at radius 1 is 0.481 bits per heavy atom. The maximum Gasteiger partial charge on any atom is 0.0213 e. The van der Waals surface area contributed by atoms with E-state index in [1.165, 1.54) is 37.9 Å². The summed E-state index contributed by atoms with van der Waals surface area (Å²) in [5, 5.41) is 0. The van der Waals surface area contributed by atoms with E-state index in [1.54, 1.807) is 0 Å². The van der Waals surface area contributed by atoms with E-state index < -0.39 is 0 Å². The predicted molar refractivity (Wildman–Crippen MR) is 119 cm³/mol. The predicted octanol–water partition coefficient (Wildman–Crippen LogP) is 7.57. The standard InChI is InChI=1S/C26H21Br/c27-26-17-9-16-24(21-12-5-2-6-13-21)25(26)19-18-22-14-7-8-15-23(22)20-10-3-1-4-11-20/h1-17H,18-19H2. The van der Waals surface area contributed by atoms with Gasteiger partial charge in [-0.1, -0.05) is 113 Å². The Bertz CT molecular complexity index is 1020. The second kappa shape index (κ2) is 8.37. The molecule has 0 aliphatic heterocycles. The lowest BCUT2D eigenvalue weighted by molar-refractivity contribution is 0.958. The highest BCUT2D eigenvalue weighted by Crippen LogP contribution is 2.32. The summed E-state index contributed by atoms with van der Waals surface area (Å²) in [6.45, 7) is 0. The summed E-state index contributed by atoms with van der Waals surface area (Å²) >= 11 is 3.78. The molecule has 0 saturated carbocycles. The molecule has 0 saturated heterocycles. The Morgan fingerprint density at radius 2 is 1.04 bits per heavy atom. The maximum atomic E-state index is 3.78. The lowest BCUT2D eigenvalue weighted by Gasteiger charge is -2.14. The molecule has 0 nitrogen and oxygen atoms in total. The number of benzene rings is 4. The molecule has 0 aliphatic rings. The molecule has 0 atom stereocenters. The zero-order valence-electron chi connectivity index (χ0n) is 15.1. The van der Waals surface area contributed by atoms with E-state index >= 15 is 0 Å². The zero-order chi connectivity index (χ0) is 18.5. The minimum absolute atomic E-state index is 0.996. The van der Waals surface area contributed by atoms with Gasteiger partial charge in [0, 0.05) is 4.47 Å². The van der Waals surface area contributed by atoms with E-state index in [-0.39, 0.29) is 0 Å². The molecule has 0 aromatic heterocycles. The van der Waals surface area contributed by atoms with Crippen LogP contribution in [0.15, 0.2) is 108 Å². The summed E-state index contributed by atoms with van der Waals surface area (Å²) in [4.78, 5) is 0. The third kappa shape index (κ3) is 4.04. The molecule has 0 bridgehead atoms. The van der Waals surface area contributed by atoms with Crippen LogP contribution in [0.25, 0.3) is 22.3 Å². The van der Waals surface area contributed by atoms with Crippen LogP contribution in [0.5, 0.6) is 0 Å². The minimum atomic E-state index is 0.996. The SMILES string of the molecule is Brc1cccc(-c2ccccc2)c1CCc1ccccc1-c1ccccc1. The van der Waals surface area contributed by atoms with E-state index in [4.69, 9.17) is 0 Å². The molecule has 4 aromatic carbocycles. The summed E-state index contributed by atoms with van der Waals surface area (Å²) in [5.41, 5.74) is 7.94. The smallest absolute Gasteiger partial charge is 0.0213 e. The van der Waals surface area contributed by atoms with Crippen molar-refractivity contribution in [3.8, 4) is 22.3 Å². The molecule has 132 valence electrons. The summed E-state index contributed by atoms with van der Waals surface area (Å²) in [7, 11) is 0. The van der Waals surface area contributed by atoms with Crippen LogP contribution in [0.4, 0.5) is 0 Å². The number of hydrogen-bond acceptors (Lipinski definition) is 0. The summed E-state index contributed by atoms with van der Waals surface area (Å²) in [5.74, 6) is 0. The first kappa shape index (κ1) is 17.8. The number of hydrogen-bond donors (Lipinski definition) is 0. The zero-order valence-corrected chi connectivity index (χ0v) is 16.7. The van der Waals surface area contributed by atoms with Crippen LogP contribution < -0.4 is 0 Å². The molecule has 4 aromatic rings. The Balaban J connectivity index is 1.66. The van der Waals surface area contributed by atoms with Gasteiger partial charge in [0.15, 0.2) is 0 Å². The molecule has 0 amide bonds. The monoisotopic (exact) mass is 412 g/mol. The van der Waals surface area contributed by atoms with E-state index in [9.17, 15) is 0 Å². The average molecular weight is 413 g/mol. The lowest BCUT2D eigenvalue weighted by Crippen LogP contribution is -1.98. The van der Waals surface area contributed by atoms with Crippen molar-refractivity contribution in [1.82, 2.24) is 0 Å². The van der Waals surface area contributed by atoms with Crippen molar-refractivity contribution in [1.29, 1.82) is 0 Å². The van der Waals surface area contributed by atoms with Crippen molar-refractivity contribution in [2.45, 2.75) is 12.8 Å². The molecular weight excluding hydrogens is 392 g/mol. The van der Waals surface area contributed by atoms with Gasteiger partial charge in [-0.2, -0.15) is 0 Å². The van der Waals surface area contributed by atoms with E-state index in [1.807, 2.05) is 0 Å². The summed E-state index contributed by atoms with van der Waals surface area (Å²) in [6.07, 6.45) is 2.00. The van der Waals surface area contributed by atoms with Gasteiger partial charge in [0.25, 0.3) is 0 Å². The second-order valence-electron chi connectivity index (χ2n) is 6.66. The molecule has 0 spiro atoms. The highest BCUT2D eigenvalue weighted by Gasteiger charge is 2.11. The molecule has 0 radical (unpaired) electrons. The van der Waals surface area contributed by atoms with Gasteiger partial charge >= 0.3 is 0 Å². The Labute approximate surface area is 169 Å². The molecule has 0 unspecified atom stereocenters. The third-order valence-corrected chi connectivity index (χ3v) is 5.69. The van der Waals surface area contributed by atoms with Crippen molar-refractivity contribution in [2.24, 2.45) is 0 Å². The highest BCUT2D eigenvalue weighted by atomic mass is 79.9. The highest BCUT2D eigenvalue weighted by molar-refractivity contribution is 9.10. The Morgan fingerprint density at radius 3 is 1.74 bits per heavy atom. The van der Waals surface area contributed by atoms with Crippen LogP contribution in [0.1, 0.15) is 11.1 Å². The van der Waals surface area contributed by atoms with E-state index in [2.05, 4.69) is 119 Å². The Hall–Kier alpha value is -2.64. The first-order valence-electron chi connectivity index (χ1n) is 9.29. The average Bonchev–Trinajstić information content (AvgIpc) is 2.74. The van der Waals surface area contributed by atoms with Crippen LogP contribution in [-0.2, 0) is 12.8 Å². The topological polar surface area (TPSA) is 0 Å². The first-order valence-corrected chi connectivity index (χ1v) is 10.1. The Kier molecular flexibility index (Phi) is 5.50.